The number of aromatic hydroxyl groups is 1. The number of ether oxygens (including phenoxy) is 1. The van der Waals surface area contributed by atoms with Gasteiger partial charge in [0, 0.05) is 24.5 Å². The van der Waals surface area contributed by atoms with Crippen LogP contribution in [-0.2, 0) is 14.9 Å². The molecule has 0 aliphatic carbocycles. The molecule has 182 valence electrons. The van der Waals surface area contributed by atoms with Crippen molar-refractivity contribution >= 4 is 37.2 Å². The van der Waals surface area contributed by atoms with Crippen LogP contribution in [0.3, 0.4) is 0 Å². The van der Waals surface area contributed by atoms with Gasteiger partial charge in [0.25, 0.3) is 0 Å². The maximum absolute atomic E-state index is 13.4. The molecule has 7 nitrogen and oxygen atoms in total. The van der Waals surface area contributed by atoms with E-state index >= 15 is 0 Å². The van der Waals surface area contributed by atoms with Crippen LogP contribution in [0.5, 0.6) is 11.5 Å². The van der Waals surface area contributed by atoms with E-state index in [-0.39, 0.29) is 17.9 Å². The second kappa shape index (κ2) is 8.92. The molecule has 9 heteroatoms. The van der Waals surface area contributed by atoms with Gasteiger partial charge in [0.1, 0.15) is 17.1 Å². The van der Waals surface area contributed by atoms with E-state index in [9.17, 15) is 13.5 Å². The number of benzene rings is 3. The van der Waals surface area contributed by atoms with Crippen LogP contribution < -0.4 is 4.18 Å². The zero-order valence-corrected chi connectivity index (χ0v) is 21.3. The van der Waals surface area contributed by atoms with Gasteiger partial charge >= 0.3 is 10.1 Å². The van der Waals surface area contributed by atoms with E-state index in [1.165, 1.54) is 0 Å². The molecule has 2 aliphatic rings. The number of fused-ring (bicyclic) bond motifs is 2. The van der Waals surface area contributed by atoms with E-state index in [1.54, 1.807) is 48.9 Å². The summed E-state index contributed by atoms with van der Waals surface area (Å²) in [6.45, 7) is 0. The van der Waals surface area contributed by atoms with Crippen LogP contribution in [0.1, 0.15) is 17.5 Å². The smallest absolute Gasteiger partial charge is 0.315 e. The number of halogens is 1. The highest BCUT2D eigenvalue weighted by molar-refractivity contribution is 9.10. The van der Waals surface area contributed by atoms with E-state index in [2.05, 4.69) is 20.9 Å². The van der Waals surface area contributed by atoms with Gasteiger partial charge in [-0.15, -0.1) is 0 Å². The fourth-order valence-corrected chi connectivity index (χ4v) is 6.82. The molecule has 3 aromatic carbocycles. The third-order valence-electron chi connectivity index (χ3n) is 6.56. The number of phenolic OH excluding ortho intramolecular Hbond substituents is 1. The third-order valence-corrected chi connectivity index (χ3v) is 8.81. The Morgan fingerprint density at radius 2 is 1.67 bits per heavy atom. The number of phenols is 1. The van der Waals surface area contributed by atoms with Gasteiger partial charge in [-0.05, 0) is 74.6 Å². The lowest BCUT2D eigenvalue weighted by Gasteiger charge is -2.25. The fraction of sp³-hybridized carbons (Fsp3) is 0.148. The Bertz CT molecular complexity index is 1550. The monoisotopic (exact) mass is 564 g/mol. The van der Waals surface area contributed by atoms with Crippen LogP contribution in [0.15, 0.2) is 96.0 Å². The molecule has 1 N–H and O–H groups in total. The highest BCUT2D eigenvalue weighted by atomic mass is 79.9. The van der Waals surface area contributed by atoms with Gasteiger partial charge in [0.05, 0.1) is 16.9 Å². The third kappa shape index (κ3) is 4.03. The van der Waals surface area contributed by atoms with Gasteiger partial charge in [-0.1, -0.05) is 36.4 Å². The average molecular weight is 565 g/mol. The van der Waals surface area contributed by atoms with Crippen LogP contribution in [-0.4, -0.2) is 40.5 Å². The number of imidazole rings is 1. The Kier molecular flexibility index (Phi) is 5.70. The topological polar surface area (TPSA) is 90.7 Å². The summed E-state index contributed by atoms with van der Waals surface area (Å²) in [4.78, 5) is 4.10. The standard InChI is InChI=1S/C27H21BrN2O5S/c28-21-3-1-2-4-22(21)35-36(32,33)24-15-23-25(17-7-11-20(31)12-8-17)26(27(24)34-23)18-5-9-19(10-6-18)30-14-13-29-16-30/h1-14,16,23-24,27,31H,15H2. The lowest BCUT2D eigenvalue weighted by atomic mass is 9.83. The van der Waals surface area contributed by atoms with Crippen LogP contribution >= 0.6 is 15.9 Å². The van der Waals surface area contributed by atoms with Crippen molar-refractivity contribution in [2.24, 2.45) is 0 Å². The summed E-state index contributed by atoms with van der Waals surface area (Å²) in [6, 6.07) is 21.6. The first kappa shape index (κ1) is 23.0. The van der Waals surface area contributed by atoms with E-state index in [0.717, 1.165) is 28.0 Å². The molecule has 4 aromatic rings. The number of rotatable bonds is 6. The molecule has 0 radical (unpaired) electrons. The van der Waals surface area contributed by atoms with Crippen molar-refractivity contribution in [1.82, 2.24) is 9.55 Å². The molecule has 1 fully saturated rings. The first-order valence-electron chi connectivity index (χ1n) is 11.4. The summed E-state index contributed by atoms with van der Waals surface area (Å²) in [6.07, 6.45) is 4.47. The van der Waals surface area contributed by atoms with Crippen molar-refractivity contribution in [3.63, 3.8) is 0 Å². The predicted octanol–water partition coefficient (Wildman–Crippen LogP) is 5.20. The summed E-state index contributed by atoms with van der Waals surface area (Å²) < 4.78 is 41.2. The molecule has 2 bridgehead atoms. The van der Waals surface area contributed by atoms with E-state index < -0.39 is 27.6 Å². The van der Waals surface area contributed by atoms with Crippen LogP contribution in [0.2, 0.25) is 0 Å². The molecule has 3 atom stereocenters. The largest absolute Gasteiger partial charge is 0.508 e. The van der Waals surface area contributed by atoms with Crippen molar-refractivity contribution in [1.29, 1.82) is 0 Å². The molecular formula is C27H21BrN2O5S. The summed E-state index contributed by atoms with van der Waals surface area (Å²) in [5, 5.41) is 8.93. The molecule has 1 saturated heterocycles. The second-order valence-electron chi connectivity index (χ2n) is 8.72. The summed E-state index contributed by atoms with van der Waals surface area (Å²) in [5.74, 6) is 0.409. The second-order valence-corrected chi connectivity index (χ2v) is 11.3. The molecule has 3 unspecified atom stereocenters. The van der Waals surface area contributed by atoms with Crippen LogP contribution in [0.4, 0.5) is 0 Å². The average Bonchev–Trinajstić information content (AvgIpc) is 3.63. The van der Waals surface area contributed by atoms with E-state index in [4.69, 9.17) is 8.92 Å². The summed E-state index contributed by atoms with van der Waals surface area (Å²) in [7, 11) is -4.00. The summed E-state index contributed by atoms with van der Waals surface area (Å²) in [5.41, 5.74) is 4.45. The lowest BCUT2D eigenvalue weighted by Crippen LogP contribution is -2.35. The minimum absolute atomic E-state index is 0.164. The SMILES string of the molecule is O=S(=O)(Oc1ccccc1Br)C1CC2OC1C(c1ccc(-n3ccnc3)cc1)=C2c1ccc(O)cc1. The van der Waals surface area contributed by atoms with Crippen molar-refractivity contribution in [3.05, 3.63) is 107 Å². The zero-order valence-electron chi connectivity index (χ0n) is 18.9. The van der Waals surface area contributed by atoms with Crippen LogP contribution in [0.25, 0.3) is 16.8 Å². The Morgan fingerprint density at radius 3 is 2.36 bits per heavy atom. The highest BCUT2D eigenvalue weighted by Crippen LogP contribution is 2.51. The van der Waals surface area contributed by atoms with Crippen molar-refractivity contribution in [2.75, 3.05) is 0 Å². The molecular weight excluding hydrogens is 544 g/mol. The first-order valence-corrected chi connectivity index (χ1v) is 13.6. The van der Waals surface area contributed by atoms with Crippen LogP contribution in [0, 0.1) is 0 Å². The predicted molar refractivity (Wildman–Crippen MR) is 139 cm³/mol. The molecule has 0 amide bonds. The number of aromatic nitrogens is 2. The van der Waals surface area contributed by atoms with E-state index in [1.807, 2.05) is 47.2 Å². The minimum Gasteiger partial charge on any atom is -0.508 e. The summed E-state index contributed by atoms with van der Waals surface area (Å²) >= 11 is 3.36. The van der Waals surface area contributed by atoms with Gasteiger partial charge in [-0.3, -0.25) is 0 Å². The van der Waals surface area contributed by atoms with Gasteiger partial charge in [0.15, 0.2) is 5.75 Å². The van der Waals surface area contributed by atoms with Crippen molar-refractivity contribution in [2.45, 2.75) is 23.9 Å². The Hall–Kier alpha value is -3.40. The Morgan fingerprint density at radius 1 is 0.972 bits per heavy atom. The van der Waals surface area contributed by atoms with Crippen molar-refractivity contribution in [3.8, 4) is 17.2 Å². The van der Waals surface area contributed by atoms with Gasteiger partial charge in [-0.2, -0.15) is 8.42 Å². The normalized spacial score (nSPS) is 21.2. The number of hydrogen-bond donors (Lipinski definition) is 1. The maximum Gasteiger partial charge on any atom is 0.315 e. The molecule has 36 heavy (non-hydrogen) atoms. The maximum atomic E-state index is 13.4. The van der Waals surface area contributed by atoms with Gasteiger partial charge in [0.2, 0.25) is 0 Å². The molecule has 3 heterocycles. The Balaban J connectivity index is 1.41. The molecule has 0 spiro atoms. The minimum atomic E-state index is -4.00. The van der Waals surface area contributed by atoms with Crippen molar-refractivity contribution < 1.29 is 22.4 Å². The highest BCUT2D eigenvalue weighted by Gasteiger charge is 2.53. The number of hydrogen-bond acceptors (Lipinski definition) is 6. The van der Waals surface area contributed by atoms with Gasteiger partial charge < -0.3 is 18.6 Å². The van der Waals surface area contributed by atoms with Gasteiger partial charge in [-0.25, -0.2) is 4.98 Å². The first-order chi connectivity index (χ1) is 17.4. The number of nitrogens with zero attached hydrogens (tertiary/aromatic N) is 2. The molecule has 6 rings (SSSR count). The lowest BCUT2D eigenvalue weighted by molar-refractivity contribution is 0.128. The zero-order chi connectivity index (χ0) is 24.9. The molecule has 0 saturated carbocycles. The fourth-order valence-electron chi connectivity index (χ4n) is 4.92. The molecule has 1 aromatic heterocycles. The quantitative estimate of drug-likeness (QED) is 0.324. The van der Waals surface area contributed by atoms with E-state index in [0.29, 0.717) is 4.47 Å². The Labute approximate surface area is 216 Å². The molecule has 2 aliphatic heterocycles. The number of para-hydroxylation sites is 1.